The molecule has 1 N–H and O–H groups in total. The maximum Gasteiger partial charge on any atom is 0.0965 e. The molecule has 1 aromatic heterocycles. The Morgan fingerprint density at radius 2 is 1.95 bits per heavy atom. The van der Waals surface area contributed by atoms with Crippen LogP contribution >= 0.6 is 0 Å². The van der Waals surface area contributed by atoms with Crippen LogP contribution in [0.2, 0.25) is 0 Å². The number of piperidine rings is 1. The lowest BCUT2D eigenvalue weighted by atomic mass is 10.1. The van der Waals surface area contributed by atoms with E-state index < -0.39 is 0 Å². The zero-order valence-corrected chi connectivity index (χ0v) is 13.4. The van der Waals surface area contributed by atoms with Crippen LogP contribution in [0.3, 0.4) is 0 Å². The first-order valence-electron chi connectivity index (χ1n) is 7.82. The fourth-order valence-electron chi connectivity index (χ4n) is 2.58. The number of nitrogens with zero attached hydrogens (tertiary/aromatic N) is 4. The van der Waals surface area contributed by atoms with Crippen molar-refractivity contribution < 1.29 is 0 Å². The third kappa shape index (κ3) is 4.56. The van der Waals surface area contributed by atoms with Crippen LogP contribution in [0.15, 0.2) is 6.20 Å². The maximum absolute atomic E-state index is 4.24. The predicted octanol–water partition coefficient (Wildman–Crippen LogP) is 2.00. The summed E-state index contributed by atoms with van der Waals surface area (Å²) >= 11 is 0. The van der Waals surface area contributed by atoms with E-state index in [4.69, 9.17) is 0 Å². The van der Waals surface area contributed by atoms with Crippen molar-refractivity contribution in [1.29, 1.82) is 0 Å². The molecule has 5 heteroatoms. The Kier molecular flexibility index (Phi) is 5.16. The molecule has 0 saturated carbocycles. The van der Waals surface area contributed by atoms with Crippen LogP contribution in [0.25, 0.3) is 0 Å². The lowest BCUT2D eigenvalue weighted by molar-refractivity contribution is 0.208. The Hall–Kier alpha value is -0.940. The molecule has 0 amide bonds. The highest BCUT2D eigenvalue weighted by Crippen LogP contribution is 2.12. The summed E-state index contributed by atoms with van der Waals surface area (Å²) in [5, 5.41) is 12.0. The van der Waals surface area contributed by atoms with E-state index in [0.717, 1.165) is 18.8 Å². The molecule has 0 aliphatic carbocycles. The number of nitrogens with one attached hydrogen (secondary N) is 1. The molecule has 0 radical (unpaired) electrons. The molecule has 114 valence electrons. The highest BCUT2D eigenvalue weighted by atomic mass is 15.4. The van der Waals surface area contributed by atoms with Gasteiger partial charge in [0.25, 0.3) is 0 Å². The Morgan fingerprint density at radius 1 is 1.25 bits per heavy atom. The third-order valence-corrected chi connectivity index (χ3v) is 3.84. The normalized spacial score (nSPS) is 19.2. The fourth-order valence-corrected chi connectivity index (χ4v) is 2.58. The van der Waals surface area contributed by atoms with Gasteiger partial charge in [-0.1, -0.05) is 11.6 Å². The summed E-state index contributed by atoms with van der Waals surface area (Å²) in [6, 6.07) is 0.493. The van der Waals surface area contributed by atoms with Gasteiger partial charge in [0.15, 0.2) is 0 Å². The van der Waals surface area contributed by atoms with Crippen LogP contribution in [-0.2, 0) is 12.1 Å². The van der Waals surface area contributed by atoms with Crippen molar-refractivity contribution in [2.75, 3.05) is 19.6 Å². The van der Waals surface area contributed by atoms with Gasteiger partial charge < -0.3 is 10.2 Å². The molecule has 1 atom stereocenters. The Labute approximate surface area is 122 Å². The van der Waals surface area contributed by atoms with Gasteiger partial charge in [0.05, 0.1) is 17.4 Å². The second-order valence-electron chi connectivity index (χ2n) is 6.97. The molecule has 0 spiro atoms. The quantitative estimate of drug-likeness (QED) is 0.895. The molecule has 2 heterocycles. The average Bonchev–Trinajstić information content (AvgIpc) is 2.86. The molecule has 1 aliphatic heterocycles. The first-order valence-corrected chi connectivity index (χ1v) is 7.82. The van der Waals surface area contributed by atoms with Crippen molar-refractivity contribution >= 4 is 0 Å². The number of hydrogen-bond acceptors (Lipinski definition) is 4. The van der Waals surface area contributed by atoms with Crippen LogP contribution in [0.4, 0.5) is 0 Å². The summed E-state index contributed by atoms with van der Waals surface area (Å²) in [7, 11) is 0. The van der Waals surface area contributed by atoms with Crippen LogP contribution in [0, 0.1) is 0 Å². The molecule has 1 aliphatic rings. The van der Waals surface area contributed by atoms with Crippen LogP contribution < -0.4 is 5.32 Å². The van der Waals surface area contributed by atoms with E-state index in [-0.39, 0.29) is 5.54 Å². The van der Waals surface area contributed by atoms with Gasteiger partial charge in [-0.25, -0.2) is 4.68 Å². The van der Waals surface area contributed by atoms with Crippen molar-refractivity contribution in [2.24, 2.45) is 0 Å². The van der Waals surface area contributed by atoms with Gasteiger partial charge in [0.1, 0.15) is 0 Å². The summed E-state index contributed by atoms with van der Waals surface area (Å²) in [6.45, 7) is 13.1. The highest BCUT2D eigenvalue weighted by Gasteiger charge is 2.16. The molecular weight excluding hydrogens is 250 g/mol. The van der Waals surface area contributed by atoms with Gasteiger partial charge >= 0.3 is 0 Å². The van der Waals surface area contributed by atoms with Crippen molar-refractivity contribution in [3.63, 3.8) is 0 Å². The standard InChI is InChI=1S/C15H29N5/c1-13(11-19-8-6-5-7-9-19)16-10-14-12-20(18-17-14)15(2,3)4/h12-13,16H,5-11H2,1-4H3. The topological polar surface area (TPSA) is 46.0 Å². The summed E-state index contributed by atoms with van der Waals surface area (Å²) in [4.78, 5) is 2.56. The monoisotopic (exact) mass is 279 g/mol. The number of aromatic nitrogens is 3. The number of rotatable bonds is 5. The van der Waals surface area contributed by atoms with E-state index in [9.17, 15) is 0 Å². The lowest BCUT2D eigenvalue weighted by Gasteiger charge is -2.29. The number of hydrogen-bond donors (Lipinski definition) is 1. The van der Waals surface area contributed by atoms with Gasteiger partial charge in [-0.2, -0.15) is 0 Å². The third-order valence-electron chi connectivity index (χ3n) is 3.84. The Balaban J connectivity index is 1.75. The Bertz CT molecular complexity index is 401. The minimum Gasteiger partial charge on any atom is -0.307 e. The van der Waals surface area contributed by atoms with Crippen LogP contribution in [-0.4, -0.2) is 45.6 Å². The second kappa shape index (κ2) is 6.68. The Morgan fingerprint density at radius 3 is 2.55 bits per heavy atom. The summed E-state index contributed by atoms with van der Waals surface area (Å²) in [5.41, 5.74) is 1.02. The average molecular weight is 279 g/mol. The lowest BCUT2D eigenvalue weighted by Crippen LogP contribution is -2.41. The molecule has 20 heavy (non-hydrogen) atoms. The molecule has 0 aromatic carbocycles. The minimum atomic E-state index is 0.00463. The molecule has 5 nitrogen and oxygen atoms in total. The van der Waals surface area contributed by atoms with Crippen LogP contribution in [0.5, 0.6) is 0 Å². The smallest absolute Gasteiger partial charge is 0.0965 e. The van der Waals surface area contributed by atoms with Crippen molar-refractivity contribution in [3.05, 3.63) is 11.9 Å². The van der Waals surface area contributed by atoms with Crippen LogP contribution in [0.1, 0.15) is 52.7 Å². The van der Waals surface area contributed by atoms with Crippen molar-refractivity contribution in [2.45, 2.75) is 65.1 Å². The SMILES string of the molecule is CC(CN1CCCCC1)NCc1cn(C(C)(C)C)nn1. The molecule has 1 aromatic rings. The largest absolute Gasteiger partial charge is 0.307 e. The summed E-state index contributed by atoms with van der Waals surface area (Å²) < 4.78 is 1.93. The first kappa shape index (κ1) is 15.4. The van der Waals surface area contributed by atoms with Crippen molar-refractivity contribution in [3.8, 4) is 0 Å². The van der Waals surface area contributed by atoms with E-state index >= 15 is 0 Å². The zero-order chi connectivity index (χ0) is 14.6. The first-order chi connectivity index (χ1) is 9.45. The predicted molar refractivity (Wildman–Crippen MR) is 81.6 cm³/mol. The molecular formula is C15H29N5. The van der Waals surface area contributed by atoms with Gasteiger partial charge in [-0.3, -0.25) is 0 Å². The molecule has 1 unspecified atom stereocenters. The van der Waals surface area contributed by atoms with E-state index in [0.29, 0.717) is 6.04 Å². The van der Waals surface area contributed by atoms with E-state index in [2.05, 4.69) is 48.2 Å². The van der Waals surface area contributed by atoms with Gasteiger partial charge in [-0.15, -0.1) is 5.10 Å². The van der Waals surface area contributed by atoms with Crippen molar-refractivity contribution in [1.82, 2.24) is 25.2 Å². The molecule has 1 saturated heterocycles. The van der Waals surface area contributed by atoms with Gasteiger partial charge in [-0.05, 0) is 53.6 Å². The number of likely N-dealkylation sites (tertiary alicyclic amines) is 1. The molecule has 1 fully saturated rings. The van der Waals surface area contributed by atoms with E-state index in [1.807, 2.05) is 10.9 Å². The fraction of sp³-hybridized carbons (Fsp3) is 0.867. The molecule has 0 bridgehead atoms. The highest BCUT2D eigenvalue weighted by molar-refractivity contribution is 4.94. The van der Waals surface area contributed by atoms with Gasteiger partial charge in [0.2, 0.25) is 0 Å². The summed E-state index contributed by atoms with van der Waals surface area (Å²) in [6.07, 6.45) is 6.15. The minimum absolute atomic E-state index is 0.00463. The van der Waals surface area contributed by atoms with E-state index in [1.54, 1.807) is 0 Å². The zero-order valence-electron chi connectivity index (χ0n) is 13.4. The maximum atomic E-state index is 4.24. The second-order valence-corrected chi connectivity index (χ2v) is 6.97. The van der Waals surface area contributed by atoms with Gasteiger partial charge in [0, 0.05) is 19.1 Å². The summed E-state index contributed by atoms with van der Waals surface area (Å²) in [5.74, 6) is 0. The van der Waals surface area contributed by atoms with E-state index in [1.165, 1.54) is 32.4 Å². The molecule has 2 rings (SSSR count).